The summed E-state index contributed by atoms with van der Waals surface area (Å²) in [5.74, 6) is 0.797. The van der Waals surface area contributed by atoms with Gasteiger partial charge in [-0.1, -0.05) is 24.3 Å². The van der Waals surface area contributed by atoms with Crippen LogP contribution in [0.2, 0.25) is 0 Å². The summed E-state index contributed by atoms with van der Waals surface area (Å²) in [6.07, 6.45) is 7.26. The Morgan fingerprint density at radius 1 is 1.11 bits per heavy atom. The molecule has 0 bridgehead atoms. The Bertz CT molecular complexity index is 684. The number of rotatable bonds is 4. The van der Waals surface area contributed by atoms with Crippen LogP contribution in [-0.4, -0.2) is 48.9 Å². The van der Waals surface area contributed by atoms with E-state index in [1.807, 2.05) is 0 Å². The number of piperidine rings is 1. The molecule has 0 radical (unpaired) electrons. The molecular formula is C22H31N3O2. The van der Waals surface area contributed by atoms with Crippen LogP contribution in [0.15, 0.2) is 24.3 Å². The highest BCUT2D eigenvalue weighted by atomic mass is 16.2. The van der Waals surface area contributed by atoms with Gasteiger partial charge in [0, 0.05) is 19.6 Å². The minimum Gasteiger partial charge on any atom is -0.354 e. The third kappa shape index (κ3) is 4.18. The number of likely N-dealkylation sites (tertiary alicyclic amines) is 1. The lowest BCUT2D eigenvalue weighted by molar-refractivity contribution is -0.135. The number of benzene rings is 1. The fourth-order valence-corrected chi connectivity index (χ4v) is 4.94. The van der Waals surface area contributed by atoms with Gasteiger partial charge in [0.1, 0.15) is 0 Å². The van der Waals surface area contributed by atoms with Crippen LogP contribution in [0.25, 0.3) is 0 Å². The van der Waals surface area contributed by atoms with Crippen molar-refractivity contribution >= 4 is 11.8 Å². The van der Waals surface area contributed by atoms with Crippen LogP contribution in [0.3, 0.4) is 0 Å². The van der Waals surface area contributed by atoms with Crippen molar-refractivity contribution in [3.8, 4) is 0 Å². The van der Waals surface area contributed by atoms with Gasteiger partial charge < -0.3 is 15.5 Å². The predicted octanol–water partition coefficient (Wildman–Crippen LogP) is 2.21. The van der Waals surface area contributed by atoms with Gasteiger partial charge >= 0.3 is 0 Å². The number of fused-ring (bicyclic) bond motifs is 1. The molecule has 5 nitrogen and oxygen atoms in total. The van der Waals surface area contributed by atoms with Crippen LogP contribution in [0.4, 0.5) is 0 Å². The minimum atomic E-state index is -0.0231. The summed E-state index contributed by atoms with van der Waals surface area (Å²) < 4.78 is 0. The topological polar surface area (TPSA) is 61.4 Å². The van der Waals surface area contributed by atoms with E-state index in [4.69, 9.17) is 0 Å². The van der Waals surface area contributed by atoms with E-state index in [-0.39, 0.29) is 23.8 Å². The van der Waals surface area contributed by atoms with Gasteiger partial charge in [0.25, 0.3) is 0 Å². The van der Waals surface area contributed by atoms with Crippen LogP contribution >= 0.6 is 0 Å². The second kappa shape index (κ2) is 8.42. The molecule has 4 rings (SSSR count). The molecule has 0 aromatic heterocycles. The molecule has 5 heteroatoms. The Balaban J connectivity index is 1.34. The lowest BCUT2D eigenvalue weighted by atomic mass is 9.81. The first-order chi connectivity index (χ1) is 13.2. The number of carbonyl (C=O) groups is 2. The van der Waals surface area contributed by atoms with Crippen LogP contribution < -0.4 is 10.6 Å². The molecule has 2 aliphatic heterocycles. The molecule has 0 saturated carbocycles. The zero-order chi connectivity index (χ0) is 18.6. The molecule has 0 spiro atoms. The first kappa shape index (κ1) is 18.5. The molecule has 1 aromatic rings. The first-order valence-electron chi connectivity index (χ1n) is 10.6. The Morgan fingerprint density at radius 3 is 2.85 bits per heavy atom. The molecule has 1 aliphatic carbocycles. The Hall–Kier alpha value is -1.88. The highest BCUT2D eigenvalue weighted by Gasteiger charge is 2.32. The molecule has 2 N–H and O–H groups in total. The maximum Gasteiger partial charge on any atom is 0.237 e. The van der Waals surface area contributed by atoms with Crippen molar-refractivity contribution in [3.05, 3.63) is 35.4 Å². The summed E-state index contributed by atoms with van der Waals surface area (Å²) in [5, 5.41) is 6.36. The van der Waals surface area contributed by atoms with E-state index in [9.17, 15) is 9.59 Å². The molecule has 146 valence electrons. The van der Waals surface area contributed by atoms with Crippen LogP contribution in [0.1, 0.15) is 55.6 Å². The van der Waals surface area contributed by atoms with Crippen molar-refractivity contribution in [2.24, 2.45) is 5.92 Å². The molecule has 3 aliphatic rings. The van der Waals surface area contributed by atoms with E-state index >= 15 is 0 Å². The summed E-state index contributed by atoms with van der Waals surface area (Å²) in [5.41, 5.74) is 2.57. The van der Waals surface area contributed by atoms with E-state index in [1.54, 1.807) is 0 Å². The molecule has 2 saturated heterocycles. The highest BCUT2D eigenvalue weighted by molar-refractivity contribution is 5.84. The van der Waals surface area contributed by atoms with Crippen molar-refractivity contribution in [1.82, 2.24) is 15.5 Å². The molecular weight excluding hydrogens is 338 g/mol. The Morgan fingerprint density at radius 2 is 2.00 bits per heavy atom. The molecule has 2 fully saturated rings. The number of nitrogens with one attached hydrogen (secondary N) is 2. The monoisotopic (exact) mass is 369 g/mol. The highest BCUT2D eigenvalue weighted by Crippen LogP contribution is 2.33. The predicted molar refractivity (Wildman–Crippen MR) is 105 cm³/mol. The Labute approximate surface area is 161 Å². The van der Waals surface area contributed by atoms with E-state index in [0.29, 0.717) is 12.5 Å². The number of hydrogen-bond acceptors (Lipinski definition) is 3. The summed E-state index contributed by atoms with van der Waals surface area (Å²) in [6.45, 7) is 3.25. The van der Waals surface area contributed by atoms with Gasteiger partial charge in [-0.3, -0.25) is 9.59 Å². The fraction of sp³-hybridized carbons (Fsp3) is 0.636. The van der Waals surface area contributed by atoms with E-state index in [0.717, 1.165) is 64.6 Å². The molecule has 3 atom stereocenters. The number of carbonyl (C=O) groups excluding carboxylic acids is 2. The SMILES string of the molecule is O=C(NCC1CCCN(C(=O)C2CCCc3ccccc32)C1)C1CCCN1. The van der Waals surface area contributed by atoms with Gasteiger partial charge in [-0.05, 0) is 68.5 Å². The largest absolute Gasteiger partial charge is 0.354 e. The average molecular weight is 370 g/mol. The van der Waals surface area contributed by atoms with Gasteiger partial charge in [-0.2, -0.15) is 0 Å². The van der Waals surface area contributed by atoms with Crippen LogP contribution in [-0.2, 0) is 16.0 Å². The first-order valence-corrected chi connectivity index (χ1v) is 10.6. The Kier molecular flexibility index (Phi) is 5.77. The molecule has 2 amide bonds. The van der Waals surface area contributed by atoms with E-state index in [2.05, 4.69) is 39.8 Å². The van der Waals surface area contributed by atoms with Gasteiger partial charge in [0.2, 0.25) is 11.8 Å². The van der Waals surface area contributed by atoms with Gasteiger partial charge in [0.15, 0.2) is 0 Å². The summed E-state index contributed by atoms with van der Waals surface area (Å²) >= 11 is 0. The van der Waals surface area contributed by atoms with Crippen molar-refractivity contribution in [1.29, 1.82) is 0 Å². The number of nitrogens with zero attached hydrogens (tertiary/aromatic N) is 1. The second-order valence-electron chi connectivity index (χ2n) is 8.33. The standard InChI is InChI=1S/C22H31N3O2/c26-21(20-11-4-12-23-20)24-14-16-6-5-13-25(15-16)22(27)19-10-3-8-17-7-1-2-9-18(17)19/h1-2,7,9,16,19-20,23H,3-6,8,10-15H2,(H,24,26). The van der Waals surface area contributed by atoms with E-state index in [1.165, 1.54) is 11.1 Å². The second-order valence-corrected chi connectivity index (χ2v) is 8.33. The molecule has 27 heavy (non-hydrogen) atoms. The van der Waals surface area contributed by atoms with Crippen LogP contribution in [0, 0.1) is 5.92 Å². The summed E-state index contributed by atoms with van der Waals surface area (Å²) in [4.78, 5) is 27.5. The summed E-state index contributed by atoms with van der Waals surface area (Å²) in [6, 6.07) is 8.40. The van der Waals surface area contributed by atoms with Crippen molar-refractivity contribution in [2.45, 2.75) is 56.9 Å². The molecule has 2 heterocycles. The number of hydrogen-bond donors (Lipinski definition) is 2. The lowest BCUT2D eigenvalue weighted by Crippen LogP contribution is -2.47. The zero-order valence-corrected chi connectivity index (χ0v) is 16.1. The normalized spacial score (nSPS) is 27.9. The van der Waals surface area contributed by atoms with Gasteiger partial charge in [-0.25, -0.2) is 0 Å². The van der Waals surface area contributed by atoms with Crippen molar-refractivity contribution < 1.29 is 9.59 Å². The number of aryl methyl sites for hydroxylation is 1. The van der Waals surface area contributed by atoms with E-state index < -0.39 is 0 Å². The summed E-state index contributed by atoms with van der Waals surface area (Å²) in [7, 11) is 0. The smallest absolute Gasteiger partial charge is 0.237 e. The average Bonchev–Trinajstić information content (AvgIpc) is 3.26. The maximum absolute atomic E-state index is 13.2. The fourth-order valence-electron chi connectivity index (χ4n) is 4.94. The van der Waals surface area contributed by atoms with Crippen molar-refractivity contribution in [3.63, 3.8) is 0 Å². The maximum atomic E-state index is 13.2. The minimum absolute atomic E-state index is 0.0194. The third-order valence-electron chi connectivity index (χ3n) is 6.44. The third-order valence-corrected chi connectivity index (χ3v) is 6.44. The van der Waals surface area contributed by atoms with Crippen LogP contribution in [0.5, 0.6) is 0 Å². The molecule has 3 unspecified atom stereocenters. The number of amides is 2. The van der Waals surface area contributed by atoms with Crippen molar-refractivity contribution in [2.75, 3.05) is 26.2 Å². The van der Waals surface area contributed by atoms with Gasteiger partial charge in [0.05, 0.1) is 12.0 Å². The van der Waals surface area contributed by atoms with Gasteiger partial charge in [-0.15, -0.1) is 0 Å². The lowest BCUT2D eigenvalue weighted by Gasteiger charge is -2.36. The quantitative estimate of drug-likeness (QED) is 0.855. The zero-order valence-electron chi connectivity index (χ0n) is 16.1. The molecule has 1 aromatic carbocycles.